The second-order valence-electron chi connectivity index (χ2n) is 8.07. The maximum atomic E-state index is 10.4. The van der Waals surface area contributed by atoms with Crippen LogP contribution in [0.15, 0.2) is 55.0 Å². The van der Waals surface area contributed by atoms with E-state index in [0.29, 0.717) is 29.4 Å². The fourth-order valence-corrected chi connectivity index (χ4v) is 4.03. The Bertz CT molecular complexity index is 1360. The number of aryl methyl sites for hydroxylation is 1. The highest BCUT2D eigenvalue weighted by atomic mass is 35.5. The number of rotatable bonds is 8. The Hall–Kier alpha value is -3.61. The van der Waals surface area contributed by atoms with E-state index in [2.05, 4.69) is 67.2 Å². The van der Waals surface area contributed by atoms with Gasteiger partial charge < -0.3 is 15.0 Å². The number of thiol groups is 1. The first-order valence-corrected chi connectivity index (χ1v) is 12.1. The van der Waals surface area contributed by atoms with Gasteiger partial charge in [-0.1, -0.05) is 17.7 Å². The van der Waals surface area contributed by atoms with E-state index >= 15 is 0 Å². The molecular formula is C25H24ClN7OS. The average Bonchev–Trinajstić information content (AvgIpc) is 3.63. The number of hydrogen-bond acceptors (Lipinski definition) is 7. The molecule has 3 aromatic heterocycles. The molecule has 0 spiro atoms. The lowest BCUT2D eigenvalue weighted by Crippen LogP contribution is -2.03. The van der Waals surface area contributed by atoms with Crippen molar-refractivity contribution >= 4 is 47.8 Å². The fraction of sp³-hybridized carbons (Fsp3) is 0.240. The number of nitrogens with one attached hydrogen (secondary N) is 2. The zero-order chi connectivity index (χ0) is 24.6. The molecular weight excluding hydrogens is 482 g/mol. The minimum absolute atomic E-state index is 0.411. The maximum Gasteiger partial charge on any atom is 0.212 e. The number of anilines is 2. The molecule has 4 aromatic rings. The van der Waals surface area contributed by atoms with Gasteiger partial charge in [0.1, 0.15) is 5.65 Å². The van der Waals surface area contributed by atoms with Gasteiger partial charge in [-0.2, -0.15) is 23.0 Å². The van der Waals surface area contributed by atoms with Gasteiger partial charge in [0.15, 0.2) is 5.82 Å². The van der Waals surface area contributed by atoms with Crippen molar-refractivity contribution in [3.63, 3.8) is 0 Å². The summed E-state index contributed by atoms with van der Waals surface area (Å²) in [6, 6.07) is 13.4. The Kier molecular flexibility index (Phi) is 8.19. The first-order chi connectivity index (χ1) is 17.1. The molecule has 0 atom stereocenters. The molecule has 0 bridgehead atoms. The summed E-state index contributed by atoms with van der Waals surface area (Å²) >= 11 is 9.87. The Labute approximate surface area is 213 Å². The fourth-order valence-electron chi connectivity index (χ4n) is 3.59. The molecule has 10 heteroatoms. The van der Waals surface area contributed by atoms with Crippen LogP contribution in [0.2, 0.25) is 5.02 Å². The minimum atomic E-state index is 0.411. The van der Waals surface area contributed by atoms with Crippen molar-refractivity contribution < 1.29 is 4.79 Å². The zero-order valence-corrected chi connectivity index (χ0v) is 20.5. The second-order valence-corrected chi connectivity index (χ2v) is 8.95. The lowest BCUT2D eigenvalue weighted by Gasteiger charge is -2.04. The minimum Gasteiger partial charge on any atom is -0.378 e. The summed E-state index contributed by atoms with van der Waals surface area (Å²) in [6.45, 7) is 0.576. The van der Waals surface area contributed by atoms with Gasteiger partial charge in [0.25, 0.3) is 0 Å². The molecule has 1 saturated carbocycles. The average molecular weight is 506 g/mol. The number of pyridine rings is 1. The van der Waals surface area contributed by atoms with Crippen LogP contribution in [-0.2, 0) is 17.8 Å². The number of nitrogens with zero attached hydrogens (tertiary/aromatic N) is 5. The SMILES string of the molecule is N#Cc1ccc(Cl)cc1CCS.O=CNc1cc(NCc2cn3cc(C4CC4)ccc3n2)cnn1. The normalized spacial score (nSPS) is 12.4. The van der Waals surface area contributed by atoms with Crippen molar-refractivity contribution in [1.29, 1.82) is 5.26 Å². The van der Waals surface area contributed by atoms with E-state index in [-0.39, 0.29) is 0 Å². The first kappa shape index (κ1) is 24.5. The number of fused-ring (bicyclic) bond motifs is 1. The Morgan fingerprint density at radius 1 is 1.23 bits per heavy atom. The smallest absolute Gasteiger partial charge is 0.212 e. The summed E-state index contributed by atoms with van der Waals surface area (Å²) in [4.78, 5) is 15.0. The lowest BCUT2D eigenvalue weighted by atomic mass is 10.1. The summed E-state index contributed by atoms with van der Waals surface area (Å²) in [5.41, 5.74) is 5.72. The first-order valence-electron chi connectivity index (χ1n) is 11.1. The van der Waals surface area contributed by atoms with Gasteiger partial charge in [0.2, 0.25) is 6.41 Å². The second kappa shape index (κ2) is 11.7. The van der Waals surface area contributed by atoms with Crippen molar-refractivity contribution in [3.05, 3.63) is 82.4 Å². The number of imidazole rings is 1. The van der Waals surface area contributed by atoms with Crippen LogP contribution in [0.5, 0.6) is 0 Å². The Balaban J connectivity index is 0.000000204. The molecule has 178 valence electrons. The predicted octanol–water partition coefficient (Wildman–Crippen LogP) is 4.87. The highest BCUT2D eigenvalue weighted by Gasteiger charge is 2.23. The number of carbonyl (C=O) groups excluding carboxylic acids is 1. The third-order valence-electron chi connectivity index (χ3n) is 5.48. The highest BCUT2D eigenvalue weighted by molar-refractivity contribution is 7.80. The van der Waals surface area contributed by atoms with E-state index in [4.69, 9.17) is 16.9 Å². The van der Waals surface area contributed by atoms with Crippen LogP contribution in [0.3, 0.4) is 0 Å². The highest BCUT2D eigenvalue weighted by Crippen LogP contribution is 2.39. The van der Waals surface area contributed by atoms with Crippen LogP contribution in [0.25, 0.3) is 5.65 Å². The number of benzene rings is 1. The van der Waals surface area contributed by atoms with Crippen molar-refractivity contribution in [3.8, 4) is 6.07 Å². The van der Waals surface area contributed by atoms with E-state index in [1.165, 1.54) is 18.4 Å². The van der Waals surface area contributed by atoms with Crippen LogP contribution < -0.4 is 10.6 Å². The number of aromatic nitrogens is 4. The molecule has 35 heavy (non-hydrogen) atoms. The number of hydrogen-bond donors (Lipinski definition) is 3. The molecule has 1 aliphatic carbocycles. The summed E-state index contributed by atoms with van der Waals surface area (Å²) in [6.07, 6.45) is 9.76. The van der Waals surface area contributed by atoms with Crippen molar-refractivity contribution in [2.45, 2.75) is 31.7 Å². The monoisotopic (exact) mass is 505 g/mol. The van der Waals surface area contributed by atoms with Crippen molar-refractivity contribution in [2.75, 3.05) is 16.4 Å². The largest absolute Gasteiger partial charge is 0.378 e. The Morgan fingerprint density at radius 2 is 2.09 bits per heavy atom. The van der Waals surface area contributed by atoms with Gasteiger partial charge in [-0.15, -0.1) is 5.10 Å². The molecule has 0 aliphatic heterocycles. The van der Waals surface area contributed by atoms with E-state index in [0.717, 1.165) is 40.7 Å². The number of halogens is 1. The molecule has 1 aliphatic rings. The molecule has 1 amide bonds. The predicted molar refractivity (Wildman–Crippen MR) is 140 cm³/mol. The molecule has 0 unspecified atom stereocenters. The summed E-state index contributed by atoms with van der Waals surface area (Å²) < 4.78 is 2.08. The van der Waals surface area contributed by atoms with Gasteiger partial charge in [-0.25, -0.2) is 4.98 Å². The lowest BCUT2D eigenvalue weighted by molar-refractivity contribution is -0.105. The third kappa shape index (κ3) is 6.72. The number of amides is 1. The molecule has 2 N–H and O–H groups in total. The quantitative estimate of drug-likeness (QED) is 0.233. The van der Waals surface area contributed by atoms with Crippen LogP contribution in [0.1, 0.15) is 41.1 Å². The summed E-state index contributed by atoms with van der Waals surface area (Å²) in [7, 11) is 0. The van der Waals surface area contributed by atoms with E-state index in [1.54, 1.807) is 24.4 Å². The standard InChI is InChI=1S/C16H16N6O.C9H8ClNS/c23-10-18-15-5-13(7-19-21-15)17-6-14-9-22-8-12(11-1-2-11)3-4-16(22)20-14;10-9-2-1-8(6-11)7(5-9)3-4-12/h3-5,7-11H,1-2,6H2,(H2,17,18,21,23);1-2,5,12H,3-4H2. The molecule has 0 saturated heterocycles. The Morgan fingerprint density at radius 3 is 2.83 bits per heavy atom. The summed E-state index contributed by atoms with van der Waals surface area (Å²) in [5.74, 6) is 1.87. The van der Waals surface area contributed by atoms with Gasteiger partial charge >= 0.3 is 0 Å². The van der Waals surface area contributed by atoms with Crippen molar-refractivity contribution in [2.24, 2.45) is 0 Å². The number of carbonyl (C=O) groups is 1. The van der Waals surface area contributed by atoms with Gasteiger partial charge in [-0.05, 0) is 66.3 Å². The van der Waals surface area contributed by atoms with Gasteiger partial charge in [0.05, 0.1) is 35.8 Å². The molecule has 1 fully saturated rings. The molecule has 5 rings (SSSR count). The number of nitriles is 1. The molecule has 0 radical (unpaired) electrons. The maximum absolute atomic E-state index is 10.4. The molecule has 8 nitrogen and oxygen atoms in total. The van der Waals surface area contributed by atoms with Gasteiger partial charge in [-0.3, -0.25) is 4.79 Å². The summed E-state index contributed by atoms with van der Waals surface area (Å²) in [5, 5.41) is 22.7. The van der Waals surface area contributed by atoms with E-state index < -0.39 is 0 Å². The molecule has 1 aromatic carbocycles. The van der Waals surface area contributed by atoms with Crippen LogP contribution >= 0.6 is 24.2 Å². The van der Waals surface area contributed by atoms with E-state index in [9.17, 15) is 4.79 Å². The van der Waals surface area contributed by atoms with Crippen LogP contribution in [-0.4, -0.2) is 31.7 Å². The van der Waals surface area contributed by atoms with Gasteiger partial charge in [0, 0.05) is 23.5 Å². The van der Waals surface area contributed by atoms with E-state index in [1.807, 2.05) is 12.3 Å². The third-order valence-corrected chi connectivity index (χ3v) is 5.94. The van der Waals surface area contributed by atoms with Crippen LogP contribution in [0.4, 0.5) is 11.5 Å². The molecule has 3 heterocycles. The van der Waals surface area contributed by atoms with Crippen LogP contribution in [0, 0.1) is 11.3 Å². The van der Waals surface area contributed by atoms with Crippen molar-refractivity contribution in [1.82, 2.24) is 19.6 Å². The zero-order valence-electron chi connectivity index (χ0n) is 18.9. The topological polar surface area (TPSA) is 108 Å².